The molecule has 5 heteroatoms. The third-order valence-corrected chi connectivity index (χ3v) is 5.28. The minimum absolute atomic E-state index is 0.360. The minimum atomic E-state index is -1.86. The molecule has 0 aliphatic carbocycles. The van der Waals surface area contributed by atoms with E-state index in [4.69, 9.17) is 4.74 Å². The van der Waals surface area contributed by atoms with Gasteiger partial charge in [-0.15, -0.1) is 0 Å². The van der Waals surface area contributed by atoms with Crippen LogP contribution in [-0.4, -0.2) is 13.7 Å². The van der Waals surface area contributed by atoms with Gasteiger partial charge >= 0.3 is 0 Å². The van der Waals surface area contributed by atoms with E-state index in [9.17, 15) is 8.76 Å². The summed E-state index contributed by atoms with van der Waals surface area (Å²) in [7, 11) is 0. The third kappa shape index (κ3) is 4.06. The van der Waals surface area contributed by atoms with Crippen LogP contribution in [0.3, 0.4) is 0 Å². The van der Waals surface area contributed by atoms with Gasteiger partial charge in [0.25, 0.3) is 0 Å². The summed E-state index contributed by atoms with van der Waals surface area (Å²) in [6.45, 7) is 4.33. The maximum Gasteiger partial charge on any atom is 0.160 e. The molecule has 0 saturated heterocycles. The van der Waals surface area contributed by atoms with E-state index >= 15 is 0 Å². The molecule has 0 radical (unpaired) electrons. The van der Waals surface area contributed by atoms with E-state index in [1.807, 2.05) is 68.4 Å². The summed E-state index contributed by atoms with van der Waals surface area (Å²) in [5.41, 5.74) is 3.87. The zero-order valence-corrected chi connectivity index (χ0v) is 15.1. The predicted octanol–water partition coefficient (Wildman–Crippen LogP) is 4.80. The van der Waals surface area contributed by atoms with Crippen LogP contribution in [-0.2, 0) is 17.7 Å². The number of aromatic nitrogens is 1. The van der Waals surface area contributed by atoms with Crippen molar-refractivity contribution in [3.8, 4) is 5.75 Å². The van der Waals surface area contributed by atoms with Crippen LogP contribution >= 0.6 is 0 Å². The Morgan fingerprint density at radius 2 is 1.88 bits per heavy atom. The lowest BCUT2D eigenvalue weighted by molar-refractivity contribution is 0.307. The first kappa shape index (κ1) is 17.6. The molecule has 0 spiro atoms. The van der Waals surface area contributed by atoms with Crippen molar-refractivity contribution < 1.29 is 13.5 Å². The average molecular weight is 355 g/mol. The number of ether oxygens (including phenoxy) is 1. The van der Waals surface area contributed by atoms with Gasteiger partial charge in [-0.3, -0.25) is 4.98 Å². The Bertz CT molecular complexity index is 893. The fourth-order valence-corrected chi connectivity index (χ4v) is 3.62. The molecule has 0 fully saturated rings. The number of para-hydroxylation sites is 1. The Kier molecular flexibility index (Phi) is 5.46. The summed E-state index contributed by atoms with van der Waals surface area (Å²) < 4.78 is 26.6. The number of aryl methyl sites for hydroxylation is 1. The molecule has 0 saturated carbocycles. The highest BCUT2D eigenvalue weighted by molar-refractivity contribution is 7.79. The topological polar surface area (TPSA) is 59.4 Å². The number of rotatable bonds is 6. The van der Waals surface area contributed by atoms with Gasteiger partial charge in [-0.05, 0) is 43.2 Å². The molecule has 3 rings (SSSR count). The number of fused-ring (bicyclic) bond motifs is 1. The van der Waals surface area contributed by atoms with Gasteiger partial charge in [-0.1, -0.05) is 37.3 Å². The van der Waals surface area contributed by atoms with Gasteiger partial charge in [-0.2, -0.15) is 0 Å². The molecular formula is C20H21NO3S. The van der Waals surface area contributed by atoms with Crippen molar-refractivity contribution in [3.63, 3.8) is 0 Å². The molecule has 0 bridgehead atoms. The molecule has 3 aromatic rings. The highest BCUT2D eigenvalue weighted by Crippen LogP contribution is 2.25. The van der Waals surface area contributed by atoms with Crippen molar-refractivity contribution >= 4 is 22.0 Å². The molecule has 0 amide bonds. The first-order valence-electron chi connectivity index (χ1n) is 8.26. The Morgan fingerprint density at radius 3 is 2.56 bits per heavy atom. The molecule has 2 unspecified atom stereocenters. The summed E-state index contributed by atoms with van der Waals surface area (Å²) in [4.78, 5) is 4.54. The van der Waals surface area contributed by atoms with Crippen molar-refractivity contribution in [1.82, 2.24) is 4.98 Å². The normalized spacial score (nSPS) is 13.6. The van der Waals surface area contributed by atoms with E-state index in [1.165, 1.54) is 0 Å². The average Bonchev–Trinajstić information content (AvgIpc) is 2.61. The van der Waals surface area contributed by atoms with Gasteiger partial charge in [-0.25, -0.2) is 4.21 Å². The Hall–Kier alpha value is -2.24. The molecule has 2 atom stereocenters. The third-order valence-electron chi connectivity index (χ3n) is 4.19. The van der Waals surface area contributed by atoms with Crippen LogP contribution in [0.1, 0.15) is 35.4 Å². The number of pyridine rings is 1. The SMILES string of the molecule is CCC(c1ccc(OCc2cc(C)nc3ccccc23)cc1)S(=O)O. The van der Waals surface area contributed by atoms with Gasteiger partial charge in [0.05, 0.1) is 10.8 Å². The maximum absolute atomic E-state index is 11.4. The van der Waals surface area contributed by atoms with Gasteiger partial charge in [0, 0.05) is 16.6 Å². The van der Waals surface area contributed by atoms with Crippen LogP contribution in [0.4, 0.5) is 0 Å². The Labute approximate surface area is 150 Å². The molecule has 1 aromatic heterocycles. The van der Waals surface area contributed by atoms with Crippen molar-refractivity contribution in [2.24, 2.45) is 0 Å². The first-order chi connectivity index (χ1) is 12.1. The van der Waals surface area contributed by atoms with Gasteiger partial charge in [0.1, 0.15) is 12.4 Å². The van der Waals surface area contributed by atoms with E-state index in [0.717, 1.165) is 33.5 Å². The minimum Gasteiger partial charge on any atom is -0.489 e. The monoisotopic (exact) mass is 355 g/mol. The van der Waals surface area contributed by atoms with Crippen molar-refractivity contribution in [1.29, 1.82) is 0 Å². The fourth-order valence-electron chi connectivity index (χ4n) is 2.95. The lowest BCUT2D eigenvalue weighted by atomic mass is 10.1. The molecule has 0 aliphatic heterocycles. The molecular weight excluding hydrogens is 334 g/mol. The van der Waals surface area contributed by atoms with Gasteiger partial charge < -0.3 is 9.29 Å². The summed E-state index contributed by atoms with van der Waals surface area (Å²) in [6, 6.07) is 17.5. The highest BCUT2D eigenvalue weighted by Gasteiger charge is 2.15. The van der Waals surface area contributed by atoms with Crippen LogP contribution in [0.15, 0.2) is 54.6 Å². The Balaban J connectivity index is 1.77. The maximum atomic E-state index is 11.4. The zero-order valence-electron chi connectivity index (χ0n) is 14.3. The van der Waals surface area contributed by atoms with Gasteiger partial charge in [0.15, 0.2) is 11.1 Å². The quantitative estimate of drug-likeness (QED) is 0.646. The van der Waals surface area contributed by atoms with Crippen molar-refractivity contribution in [3.05, 3.63) is 71.4 Å². The second-order valence-electron chi connectivity index (χ2n) is 5.97. The molecule has 1 heterocycles. The summed E-state index contributed by atoms with van der Waals surface area (Å²) in [5.74, 6) is 0.737. The number of benzene rings is 2. The standard InChI is InChI=1S/C20H21NO3S/c1-3-20(25(22)23)15-8-10-17(11-9-15)24-13-16-12-14(2)21-19-7-5-4-6-18(16)19/h4-12,20H,3,13H2,1-2H3,(H,22,23). The number of hydrogen-bond donors (Lipinski definition) is 1. The van der Waals surface area contributed by atoms with Crippen LogP contribution < -0.4 is 4.74 Å². The van der Waals surface area contributed by atoms with E-state index in [-0.39, 0.29) is 5.25 Å². The van der Waals surface area contributed by atoms with Crippen LogP contribution in [0.2, 0.25) is 0 Å². The number of hydrogen-bond acceptors (Lipinski definition) is 3. The van der Waals surface area contributed by atoms with E-state index in [1.54, 1.807) is 0 Å². The predicted molar refractivity (Wildman–Crippen MR) is 101 cm³/mol. The summed E-state index contributed by atoms with van der Waals surface area (Å²) in [5, 5.41) is 0.729. The van der Waals surface area contributed by atoms with E-state index < -0.39 is 11.1 Å². The summed E-state index contributed by atoms with van der Waals surface area (Å²) in [6.07, 6.45) is 0.617. The number of nitrogens with zero attached hydrogens (tertiary/aromatic N) is 1. The van der Waals surface area contributed by atoms with Crippen LogP contribution in [0, 0.1) is 6.92 Å². The molecule has 4 nitrogen and oxygen atoms in total. The van der Waals surface area contributed by atoms with E-state index in [0.29, 0.717) is 13.0 Å². The molecule has 1 N–H and O–H groups in total. The molecule has 0 aliphatic rings. The smallest absolute Gasteiger partial charge is 0.160 e. The van der Waals surface area contributed by atoms with Crippen molar-refractivity contribution in [2.45, 2.75) is 32.1 Å². The zero-order chi connectivity index (χ0) is 17.8. The summed E-state index contributed by atoms with van der Waals surface area (Å²) >= 11 is -1.86. The second kappa shape index (κ2) is 7.76. The first-order valence-corrected chi connectivity index (χ1v) is 9.43. The van der Waals surface area contributed by atoms with Crippen molar-refractivity contribution in [2.75, 3.05) is 0 Å². The van der Waals surface area contributed by atoms with Crippen LogP contribution in [0.5, 0.6) is 5.75 Å². The highest BCUT2D eigenvalue weighted by atomic mass is 32.2. The fraction of sp³-hybridized carbons (Fsp3) is 0.250. The van der Waals surface area contributed by atoms with Crippen LogP contribution in [0.25, 0.3) is 10.9 Å². The lowest BCUT2D eigenvalue weighted by Crippen LogP contribution is -2.04. The van der Waals surface area contributed by atoms with Gasteiger partial charge in [0.2, 0.25) is 0 Å². The molecule has 2 aromatic carbocycles. The van der Waals surface area contributed by atoms with E-state index in [2.05, 4.69) is 4.98 Å². The lowest BCUT2D eigenvalue weighted by Gasteiger charge is -2.13. The second-order valence-corrected chi connectivity index (χ2v) is 7.09. The Morgan fingerprint density at radius 1 is 1.16 bits per heavy atom. The molecule has 130 valence electrons. The largest absolute Gasteiger partial charge is 0.489 e. The molecule has 25 heavy (non-hydrogen) atoms.